The molecule has 0 bridgehead atoms. The third-order valence-corrected chi connectivity index (χ3v) is 4.77. The molecule has 0 saturated heterocycles. The zero-order chi connectivity index (χ0) is 13.9. The number of nitrogens with two attached hydrogens (primary N) is 1. The van der Waals surface area contributed by atoms with Crippen molar-refractivity contribution in [2.45, 2.75) is 31.7 Å². The zero-order valence-corrected chi connectivity index (χ0v) is 12.3. The molecular weight excluding hydrogens is 266 g/mol. The van der Waals surface area contributed by atoms with Crippen molar-refractivity contribution in [3.63, 3.8) is 0 Å². The molecule has 2 aromatic carbocycles. The van der Waals surface area contributed by atoms with Gasteiger partial charge in [-0.15, -0.1) is 0 Å². The standard InChI is InChI=1S/C18H20ClN/c19-17-8-4-3-7-15(17)12-18(20)16-10-9-13-5-1-2-6-14(13)11-16/h1-8,16,18H,9-12,20H2. The smallest absolute Gasteiger partial charge is 0.0438 e. The Kier molecular flexibility index (Phi) is 4.09. The molecule has 0 saturated carbocycles. The molecule has 0 spiro atoms. The molecule has 0 radical (unpaired) electrons. The summed E-state index contributed by atoms with van der Waals surface area (Å²) >= 11 is 6.23. The first kappa shape index (κ1) is 13.7. The van der Waals surface area contributed by atoms with E-state index in [1.807, 2.05) is 18.2 Å². The van der Waals surface area contributed by atoms with Crippen LogP contribution < -0.4 is 5.73 Å². The molecule has 20 heavy (non-hydrogen) atoms. The van der Waals surface area contributed by atoms with E-state index in [1.54, 1.807) is 0 Å². The van der Waals surface area contributed by atoms with Crippen molar-refractivity contribution in [3.05, 3.63) is 70.2 Å². The molecule has 2 heteroatoms. The minimum atomic E-state index is 0.184. The van der Waals surface area contributed by atoms with Crippen molar-refractivity contribution >= 4 is 11.6 Å². The summed E-state index contributed by atoms with van der Waals surface area (Å²) in [5.41, 5.74) is 10.6. The molecular formula is C18H20ClN. The SMILES string of the molecule is NC(Cc1ccccc1Cl)C1CCc2ccccc2C1. The maximum absolute atomic E-state index is 6.45. The average molecular weight is 286 g/mol. The first-order valence-electron chi connectivity index (χ1n) is 7.30. The molecule has 0 heterocycles. The highest BCUT2D eigenvalue weighted by molar-refractivity contribution is 6.31. The van der Waals surface area contributed by atoms with Crippen molar-refractivity contribution in [2.24, 2.45) is 11.7 Å². The highest BCUT2D eigenvalue weighted by atomic mass is 35.5. The van der Waals surface area contributed by atoms with E-state index in [0.29, 0.717) is 5.92 Å². The summed E-state index contributed by atoms with van der Waals surface area (Å²) in [5, 5.41) is 0.833. The van der Waals surface area contributed by atoms with Crippen LogP contribution in [0.2, 0.25) is 5.02 Å². The number of hydrogen-bond acceptors (Lipinski definition) is 1. The maximum Gasteiger partial charge on any atom is 0.0438 e. The van der Waals surface area contributed by atoms with Gasteiger partial charge in [-0.1, -0.05) is 54.1 Å². The summed E-state index contributed by atoms with van der Waals surface area (Å²) in [5.74, 6) is 0.557. The van der Waals surface area contributed by atoms with Gasteiger partial charge in [0, 0.05) is 11.1 Å². The molecule has 1 aliphatic carbocycles. The number of rotatable bonds is 3. The first-order valence-corrected chi connectivity index (χ1v) is 7.67. The van der Waals surface area contributed by atoms with Crippen LogP contribution in [0.15, 0.2) is 48.5 Å². The number of fused-ring (bicyclic) bond motifs is 1. The Morgan fingerprint density at radius 1 is 1.05 bits per heavy atom. The topological polar surface area (TPSA) is 26.0 Å². The second-order valence-corrected chi connectivity index (χ2v) is 6.14. The van der Waals surface area contributed by atoms with Crippen LogP contribution >= 0.6 is 11.6 Å². The molecule has 0 aliphatic heterocycles. The highest BCUT2D eigenvalue weighted by Gasteiger charge is 2.24. The Balaban J connectivity index is 1.70. The van der Waals surface area contributed by atoms with Crippen LogP contribution in [-0.4, -0.2) is 6.04 Å². The van der Waals surface area contributed by atoms with Gasteiger partial charge >= 0.3 is 0 Å². The van der Waals surface area contributed by atoms with Gasteiger partial charge in [0.15, 0.2) is 0 Å². The summed E-state index contributed by atoms with van der Waals surface area (Å²) in [7, 11) is 0. The molecule has 2 unspecified atom stereocenters. The van der Waals surface area contributed by atoms with Crippen LogP contribution in [-0.2, 0) is 19.3 Å². The lowest BCUT2D eigenvalue weighted by atomic mass is 9.79. The quantitative estimate of drug-likeness (QED) is 0.906. The monoisotopic (exact) mass is 285 g/mol. The summed E-state index contributed by atoms with van der Waals surface area (Å²) in [6, 6.07) is 16.9. The predicted octanol–water partition coefficient (Wildman–Crippen LogP) is 4.01. The van der Waals surface area contributed by atoms with Crippen LogP contribution in [0.4, 0.5) is 0 Å². The van der Waals surface area contributed by atoms with E-state index in [9.17, 15) is 0 Å². The van der Waals surface area contributed by atoms with Gasteiger partial charge in [-0.25, -0.2) is 0 Å². The fraction of sp³-hybridized carbons (Fsp3) is 0.333. The van der Waals surface area contributed by atoms with Crippen LogP contribution in [0.3, 0.4) is 0 Å². The third kappa shape index (κ3) is 2.89. The predicted molar refractivity (Wildman–Crippen MR) is 85.1 cm³/mol. The van der Waals surface area contributed by atoms with E-state index in [-0.39, 0.29) is 6.04 Å². The van der Waals surface area contributed by atoms with Gasteiger partial charge in [-0.05, 0) is 54.4 Å². The van der Waals surface area contributed by atoms with E-state index < -0.39 is 0 Å². The van der Waals surface area contributed by atoms with Gasteiger partial charge in [0.05, 0.1) is 0 Å². The van der Waals surface area contributed by atoms with Gasteiger partial charge in [0.1, 0.15) is 0 Å². The van der Waals surface area contributed by atoms with E-state index in [2.05, 4.69) is 30.3 Å². The Morgan fingerprint density at radius 2 is 1.75 bits per heavy atom. The van der Waals surface area contributed by atoms with Gasteiger partial charge in [0.2, 0.25) is 0 Å². The molecule has 1 aliphatic rings. The lowest BCUT2D eigenvalue weighted by molar-refractivity contribution is 0.372. The van der Waals surface area contributed by atoms with E-state index in [1.165, 1.54) is 23.1 Å². The lowest BCUT2D eigenvalue weighted by Gasteiger charge is -2.29. The van der Waals surface area contributed by atoms with Crippen LogP contribution in [0, 0.1) is 5.92 Å². The summed E-state index contributed by atoms with van der Waals surface area (Å²) in [6.45, 7) is 0. The van der Waals surface area contributed by atoms with Crippen molar-refractivity contribution in [2.75, 3.05) is 0 Å². The van der Waals surface area contributed by atoms with Crippen molar-refractivity contribution in [1.29, 1.82) is 0 Å². The van der Waals surface area contributed by atoms with E-state index in [4.69, 9.17) is 17.3 Å². The van der Waals surface area contributed by atoms with Gasteiger partial charge in [0.25, 0.3) is 0 Å². The summed E-state index contributed by atoms with van der Waals surface area (Å²) in [4.78, 5) is 0. The average Bonchev–Trinajstić information content (AvgIpc) is 2.49. The molecule has 0 amide bonds. The molecule has 3 rings (SSSR count). The lowest BCUT2D eigenvalue weighted by Crippen LogP contribution is -2.36. The Morgan fingerprint density at radius 3 is 2.55 bits per heavy atom. The number of hydrogen-bond donors (Lipinski definition) is 1. The van der Waals surface area contributed by atoms with Gasteiger partial charge < -0.3 is 5.73 Å². The molecule has 104 valence electrons. The second-order valence-electron chi connectivity index (χ2n) is 5.73. The summed E-state index contributed by atoms with van der Waals surface area (Å²) in [6.07, 6.45) is 4.30. The Bertz CT molecular complexity index is 593. The second kappa shape index (κ2) is 5.99. The molecule has 2 aromatic rings. The molecule has 1 nitrogen and oxygen atoms in total. The highest BCUT2D eigenvalue weighted by Crippen LogP contribution is 2.28. The molecule has 2 atom stereocenters. The molecule has 0 aromatic heterocycles. The number of halogens is 1. The zero-order valence-electron chi connectivity index (χ0n) is 11.6. The van der Waals surface area contributed by atoms with Gasteiger partial charge in [-0.2, -0.15) is 0 Å². The van der Waals surface area contributed by atoms with Crippen molar-refractivity contribution < 1.29 is 0 Å². The fourth-order valence-electron chi connectivity index (χ4n) is 3.18. The minimum absolute atomic E-state index is 0.184. The Labute approximate surface area is 125 Å². The first-order chi connectivity index (χ1) is 9.74. The van der Waals surface area contributed by atoms with Crippen LogP contribution in [0.1, 0.15) is 23.1 Å². The maximum atomic E-state index is 6.45. The van der Waals surface area contributed by atoms with E-state index in [0.717, 1.165) is 24.3 Å². The van der Waals surface area contributed by atoms with Crippen LogP contribution in [0.25, 0.3) is 0 Å². The van der Waals surface area contributed by atoms with Gasteiger partial charge in [-0.3, -0.25) is 0 Å². The normalized spacial score (nSPS) is 19.4. The Hall–Kier alpha value is -1.31. The fourth-order valence-corrected chi connectivity index (χ4v) is 3.39. The third-order valence-electron chi connectivity index (χ3n) is 4.40. The number of aryl methyl sites for hydroxylation is 1. The van der Waals surface area contributed by atoms with Crippen molar-refractivity contribution in [3.8, 4) is 0 Å². The summed E-state index contributed by atoms with van der Waals surface area (Å²) < 4.78 is 0. The molecule has 2 N–H and O–H groups in total. The van der Waals surface area contributed by atoms with E-state index >= 15 is 0 Å². The largest absolute Gasteiger partial charge is 0.327 e. The van der Waals surface area contributed by atoms with Crippen LogP contribution in [0.5, 0.6) is 0 Å². The minimum Gasteiger partial charge on any atom is -0.327 e. The van der Waals surface area contributed by atoms with Crippen molar-refractivity contribution in [1.82, 2.24) is 0 Å². The number of benzene rings is 2. The molecule has 0 fully saturated rings.